The van der Waals surface area contributed by atoms with Crippen LogP contribution in [0.25, 0.3) is 6.08 Å². The van der Waals surface area contributed by atoms with E-state index in [0.717, 1.165) is 14.2 Å². The minimum atomic E-state index is -0.505. The maximum atomic E-state index is 13.2. The number of hydrogen-bond donors (Lipinski definition) is 3. The van der Waals surface area contributed by atoms with Crippen molar-refractivity contribution in [3.05, 3.63) is 129 Å². The first-order valence-electron chi connectivity index (χ1n) is 12.3. The largest absolute Gasteiger partial charge is 0.325 e. The molecule has 40 heavy (non-hydrogen) atoms. The van der Waals surface area contributed by atoms with Crippen molar-refractivity contribution in [3.8, 4) is 0 Å². The lowest BCUT2D eigenvalue weighted by molar-refractivity contribution is -0.115. The third-order valence-corrected chi connectivity index (χ3v) is 7.82. The van der Waals surface area contributed by atoms with Crippen LogP contribution >= 0.6 is 46.0 Å². The Kier molecular flexibility index (Phi) is 10.4. The maximum absolute atomic E-state index is 13.2. The molecule has 0 aliphatic heterocycles. The van der Waals surface area contributed by atoms with E-state index in [1.807, 2.05) is 49.4 Å². The lowest BCUT2D eigenvalue weighted by atomic mass is 10.1. The molecular formula is C31H25ClIN3O3S. The molecule has 4 aromatic rings. The van der Waals surface area contributed by atoms with Crippen molar-refractivity contribution >= 4 is 81.1 Å². The van der Waals surface area contributed by atoms with Crippen molar-refractivity contribution in [2.75, 3.05) is 10.6 Å². The van der Waals surface area contributed by atoms with Crippen molar-refractivity contribution in [1.29, 1.82) is 0 Å². The van der Waals surface area contributed by atoms with Crippen LogP contribution in [0.15, 0.2) is 114 Å². The first kappa shape index (κ1) is 29.4. The second kappa shape index (κ2) is 14.2. The number of carbonyl (C=O) groups is 3. The van der Waals surface area contributed by atoms with Crippen LogP contribution in [0.3, 0.4) is 0 Å². The van der Waals surface area contributed by atoms with E-state index in [9.17, 15) is 14.4 Å². The van der Waals surface area contributed by atoms with E-state index >= 15 is 0 Å². The van der Waals surface area contributed by atoms with E-state index in [1.165, 1.54) is 17.8 Å². The van der Waals surface area contributed by atoms with Gasteiger partial charge in [0.05, 0.1) is 5.25 Å². The van der Waals surface area contributed by atoms with E-state index in [4.69, 9.17) is 11.6 Å². The highest BCUT2D eigenvalue weighted by Gasteiger charge is 2.17. The second-order valence-electron chi connectivity index (χ2n) is 8.63. The van der Waals surface area contributed by atoms with Crippen LogP contribution < -0.4 is 16.0 Å². The molecule has 0 aromatic heterocycles. The van der Waals surface area contributed by atoms with Crippen LogP contribution in [0, 0.1) is 3.57 Å². The Morgan fingerprint density at radius 2 is 1.40 bits per heavy atom. The fourth-order valence-corrected chi connectivity index (χ4v) is 4.96. The normalized spacial score (nSPS) is 11.8. The molecule has 1 unspecified atom stereocenters. The van der Waals surface area contributed by atoms with Gasteiger partial charge in [-0.1, -0.05) is 48.0 Å². The van der Waals surface area contributed by atoms with Gasteiger partial charge < -0.3 is 16.0 Å². The highest BCUT2D eigenvalue weighted by atomic mass is 127. The monoisotopic (exact) mass is 681 g/mol. The van der Waals surface area contributed by atoms with Gasteiger partial charge in [-0.05, 0) is 108 Å². The summed E-state index contributed by atoms with van der Waals surface area (Å²) < 4.78 is 1.09. The van der Waals surface area contributed by atoms with Crippen LogP contribution in [0.2, 0.25) is 5.02 Å². The van der Waals surface area contributed by atoms with Crippen molar-refractivity contribution in [2.24, 2.45) is 0 Å². The molecular weight excluding hydrogens is 657 g/mol. The van der Waals surface area contributed by atoms with Gasteiger partial charge in [0.1, 0.15) is 5.70 Å². The molecule has 4 rings (SSSR count). The zero-order chi connectivity index (χ0) is 28.5. The van der Waals surface area contributed by atoms with E-state index in [0.29, 0.717) is 21.8 Å². The summed E-state index contributed by atoms with van der Waals surface area (Å²) in [6.07, 6.45) is 1.54. The number of nitrogens with one attached hydrogen (secondary N) is 3. The lowest BCUT2D eigenvalue weighted by Crippen LogP contribution is -2.30. The number of halogens is 2. The number of amides is 3. The number of rotatable bonds is 9. The Hall–Kier alpha value is -3.60. The average Bonchev–Trinajstić information content (AvgIpc) is 2.96. The third-order valence-electron chi connectivity index (χ3n) is 5.64. The Labute approximate surface area is 255 Å². The molecule has 0 bridgehead atoms. The van der Waals surface area contributed by atoms with Gasteiger partial charge in [-0.15, -0.1) is 11.8 Å². The lowest BCUT2D eigenvalue weighted by Gasteiger charge is -2.14. The Morgan fingerprint density at radius 3 is 2.08 bits per heavy atom. The van der Waals surface area contributed by atoms with Gasteiger partial charge in [-0.25, -0.2) is 0 Å². The van der Waals surface area contributed by atoms with Crippen LogP contribution in [0.1, 0.15) is 22.8 Å². The summed E-state index contributed by atoms with van der Waals surface area (Å²) in [6, 6.07) is 30.4. The quantitative estimate of drug-likeness (QED) is 0.0972. The predicted octanol–water partition coefficient (Wildman–Crippen LogP) is 7.47. The topological polar surface area (TPSA) is 87.3 Å². The fourth-order valence-electron chi connectivity index (χ4n) is 3.54. The Bertz CT molecular complexity index is 1530. The highest BCUT2D eigenvalue weighted by molar-refractivity contribution is 14.1. The molecule has 0 saturated heterocycles. The molecule has 0 radical (unpaired) electrons. The summed E-state index contributed by atoms with van der Waals surface area (Å²) in [5.74, 6) is -1.03. The molecule has 1 atom stereocenters. The number of hydrogen-bond acceptors (Lipinski definition) is 4. The van der Waals surface area contributed by atoms with Crippen molar-refractivity contribution in [1.82, 2.24) is 5.32 Å². The van der Waals surface area contributed by atoms with Crippen molar-refractivity contribution in [2.45, 2.75) is 17.1 Å². The summed E-state index contributed by atoms with van der Waals surface area (Å²) in [6.45, 7) is 1.84. The highest BCUT2D eigenvalue weighted by Crippen LogP contribution is 2.26. The van der Waals surface area contributed by atoms with Gasteiger partial charge >= 0.3 is 0 Å². The number of carbonyl (C=O) groups excluding carboxylic acids is 3. The Morgan fingerprint density at radius 1 is 0.800 bits per heavy atom. The number of anilines is 2. The van der Waals surface area contributed by atoms with Gasteiger partial charge in [0.2, 0.25) is 5.91 Å². The zero-order valence-electron chi connectivity index (χ0n) is 21.4. The van der Waals surface area contributed by atoms with E-state index in [2.05, 4.69) is 38.5 Å². The first-order valence-corrected chi connectivity index (χ1v) is 14.6. The molecule has 0 fully saturated rings. The van der Waals surface area contributed by atoms with E-state index in [-0.39, 0.29) is 16.9 Å². The molecule has 9 heteroatoms. The van der Waals surface area contributed by atoms with Crippen LogP contribution in [-0.2, 0) is 9.59 Å². The zero-order valence-corrected chi connectivity index (χ0v) is 25.1. The predicted molar refractivity (Wildman–Crippen MR) is 172 cm³/mol. The molecule has 0 saturated carbocycles. The molecule has 0 spiro atoms. The average molecular weight is 682 g/mol. The SMILES string of the molecule is CC(Sc1ccc(NC(=O)/C(=C/c2ccccc2Cl)NC(=O)c2ccccc2)cc1)C(=O)Nc1ccc(I)cc1. The first-order chi connectivity index (χ1) is 19.3. The van der Waals surface area contributed by atoms with Crippen molar-refractivity contribution < 1.29 is 14.4 Å². The van der Waals surface area contributed by atoms with Gasteiger partial charge in [0.25, 0.3) is 11.8 Å². The van der Waals surface area contributed by atoms with Crippen LogP contribution in [0.5, 0.6) is 0 Å². The van der Waals surface area contributed by atoms with Gasteiger partial charge in [-0.2, -0.15) is 0 Å². The molecule has 0 heterocycles. The Balaban J connectivity index is 1.43. The van der Waals surface area contributed by atoms with Crippen LogP contribution in [0.4, 0.5) is 11.4 Å². The second-order valence-corrected chi connectivity index (χ2v) is 11.7. The maximum Gasteiger partial charge on any atom is 0.272 e. The standard InChI is InChI=1S/C31H25ClIN3O3S/c1-20(29(37)34-24-13-11-23(33)12-14-24)40-26-17-15-25(16-18-26)35-31(39)28(19-22-9-5-6-10-27(22)32)36-30(38)21-7-3-2-4-8-21/h2-20H,1H3,(H,34,37)(H,35,39)(H,36,38)/b28-19-. The number of benzene rings is 4. The smallest absolute Gasteiger partial charge is 0.272 e. The molecule has 202 valence electrons. The van der Waals surface area contributed by atoms with Gasteiger partial charge in [0, 0.05) is 30.4 Å². The summed E-state index contributed by atoms with van der Waals surface area (Å²) in [5, 5.41) is 8.56. The molecule has 4 aromatic carbocycles. The minimum Gasteiger partial charge on any atom is -0.325 e. The number of thioether (sulfide) groups is 1. The van der Waals surface area contributed by atoms with Gasteiger partial charge in [-0.3, -0.25) is 14.4 Å². The minimum absolute atomic E-state index is 0.0429. The van der Waals surface area contributed by atoms with E-state index in [1.54, 1.807) is 60.7 Å². The fraction of sp³-hybridized carbons (Fsp3) is 0.0645. The summed E-state index contributed by atoms with van der Waals surface area (Å²) >= 11 is 9.92. The molecule has 6 nitrogen and oxygen atoms in total. The summed E-state index contributed by atoms with van der Waals surface area (Å²) in [7, 11) is 0. The third kappa shape index (κ3) is 8.45. The molecule has 3 amide bonds. The molecule has 0 aliphatic carbocycles. The summed E-state index contributed by atoms with van der Waals surface area (Å²) in [4.78, 5) is 39.5. The van der Waals surface area contributed by atoms with Crippen molar-refractivity contribution in [3.63, 3.8) is 0 Å². The van der Waals surface area contributed by atoms with E-state index < -0.39 is 11.8 Å². The van der Waals surface area contributed by atoms with Crippen LogP contribution in [-0.4, -0.2) is 23.0 Å². The molecule has 3 N–H and O–H groups in total. The summed E-state index contributed by atoms with van der Waals surface area (Å²) in [5.41, 5.74) is 2.33. The molecule has 0 aliphatic rings. The van der Waals surface area contributed by atoms with Gasteiger partial charge in [0.15, 0.2) is 0 Å².